The Morgan fingerprint density at radius 1 is 1.06 bits per heavy atom. The fourth-order valence-electron chi connectivity index (χ4n) is 3.99. The highest BCUT2D eigenvalue weighted by Crippen LogP contribution is 2.22. The summed E-state index contributed by atoms with van der Waals surface area (Å²) in [7, 11) is 0. The normalized spacial score (nSPS) is 16.4. The van der Waals surface area contributed by atoms with Crippen LogP contribution in [-0.2, 0) is 16.0 Å². The molecule has 0 saturated carbocycles. The van der Waals surface area contributed by atoms with Crippen molar-refractivity contribution in [1.82, 2.24) is 14.9 Å². The third kappa shape index (κ3) is 6.46. The molecule has 1 aliphatic heterocycles. The lowest BCUT2D eigenvalue weighted by atomic mass is 9.97. The van der Waals surface area contributed by atoms with Crippen molar-refractivity contribution in [2.45, 2.75) is 33.1 Å². The van der Waals surface area contributed by atoms with E-state index in [1.54, 1.807) is 12.4 Å². The number of hydrogen-bond acceptors (Lipinski definition) is 6. The molecule has 2 N–H and O–H groups in total. The second-order valence-electron chi connectivity index (χ2n) is 8.50. The molecule has 1 fully saturated rings. The van der Waals surface area contributed by atoms with E-state index in [4.69, 9.17) is 0 Å². The molecule has 1 unspecified atom stereocenters. The largest absolute Gasteiger partial charge is 0.326 e. The van der Waals surface area contributed by atoms with Gasteiger partial charge in [-0.1, -0.05) is 12.1 Å². The van der Waals surface area contributed by atoms with Crippen molar-refractivity contribution in [2.75, 3.05) is 30.3 Å². The first kappa shape index (κ1) is 23.1. The van der Waals surface area contributed by atoms with E-state index in [0.717, 1.165) is 42.1 Å². The number of nitrogens with zero attached hydrogens (tertiary/aromatic N) is 3. The molecule has 0 bridgehead atoms. The second-order valence-corrected chi connectivity index (χ2v) is 9.70. The summed E-state index contributed by atoms with van der Waals surface area (Å²) < 4.78 is 0. The van der Waals surface area contributed by atoms with Crippen LogP contribution in [0.3, 0.4) is 0 Å². The minimum Gasteiger partial charge on any atom is -0.326 e. The molecule has 0 spiro atoms. The zero-order chi connectivity index (χ0) is 23.2. The van der Waals surface area contributed by atoms with Gasteiger partial charge in [-0.15, -0.1) is 11.3 Å². The zero-order valence-electron chi connectivity index (χ0n) is 19.0. The van der Waals surface area contributed by atoms with Gasteiger partial charge in [0, 0.05) is 29.5 Å². The number of hydrogen-bond donors (Lipinski definition) is 2. The lowest BCUT2D eigenvalue weighted by Gasteiger charge is -2.31. The molecule has 8 heteroatoms. The standard InChI is InChI=1S/C25H29N5O2S/c1-17-18(2)33-25(27-17)29-23(31)16-30-13-3-4-21(15-30)24(32)28-22-7-5-19(6-8-22)14-20-9-11-26-12-10-20/h5-12,21H,3-4,13-16H2,1-2H3,(H,28,32)(H,27,29,31). The number of benzene rings is 1. The molecule has 172 valence electrons. The molecule has 3 aromatic rings. The summed E-state index contributed by atoms with van der Waals surface area (Å²) in [6, 6.07) is 12.0. The van der Waals surface area contributed by atoms with Crippen molar-refractivity contribution in [3.63, 3.8) is 0 Å². The number of carbonyl (C=O) groups is 2. The van der Waals surface area contributed by atoms with E-state index in [0.29, 0.717) is 11.7 Å². The molecule has 1 aliphatic rings. The summed E-state index contributed by atoms with van der Waals surface area (Å²) in [6.07, 6.45) is 6.14. The van der Waals surface area contributed by atoms with Crippen LogP contribution in [0.1, 0.15) is 34.5 Å². The molecular formula is C25H29N5O2S. The van der Waals surface area contributed by atoms with Crippen LogP contribution in [0.5, 0.6) is 0 Å². The number of nitrogens with one attached hydrogen (secondary N) is 2. The third-order valence-corrected chi connectivity index (χ3v) is 6.89. The third-order valence-electron chi connectivity index (χ3n) is 5.90. The summed E-state index contributed by atoms with van der Waals surface area (Å²) in [5.41, 5.74) is 4.12. The number of aryl methyl sites for hydroxylation is 2. The molecule has 0 radical (unpaired) electrons. The Labute approximate surface area is 198 Å². The number of piperidine rings is 1. The SMILES string of the molecule is Cc1nc(NC(=O)CN2CCCC(C(=O)Nc3ccc(Cc4ccncc4)cc3)C2)sc1C. The smallest absolute Gasteiger partial charge is 0.240 e. The number of aromatic nitrogens is 2. The highest BCUT2D eigenvalue weighted by molar-refractivity contribution is 7.15. The maximum atomic E-state index is 12.9. The summed E-state index contributed by atoms with van der Waals surface area (Å²) in [6.45, 7) is 5.59. The van der Waals surface area contributed by atoms with Crippen LogP contribution in [0.15, 0.2) is 48.8 Å². The van der Waals surface area contributed by atoms with E-state index in [2.05, 4.69) is 20.6 Å². The topological polar surface area (TPSA) is 87.2 Å². The molecule has 1 saturated heterocycles. The van der Waals surface area contributed by atoms with Gasteiger partial charge in [0.2, 0.25) is 11.8 Å². The van der Waals surface area contributed by atoms with Crippen molar-refractivity contribution in [3.05, 3.63) is 70.5 Å². The van der Waals surface area contributed by atoms with Crippen LogP contribution < -0.4 is 10.6 Å². The number of amides is 2. The van der Waals surface area contributed by atoms with Gasteiger partial charge in [0.15, 0.2) is 5.13 Å². The Hall–Kier alpha value is -3.10. The first-order valence-electron chi connectivity index (χ1n) is 11.2. The van der Waals surface area contributed by atoms with E-state index in [-0.39, 0.29) is 24.3 Å². The number of likely N-dealkylation sites (tertiary alicyclic amines) is 1. The van der Waals surface area contributed by atoms with Crippen LogP contribution >= 0.6 is 11.3 Å². The van der Waals surface area contributed by atoms with Crippen molar-refractivity contribution in [1.29, 1.82) is 0 Å². The van der Waals surface area contributed by atoms with Gasteiger partial charge in [-0.25, -0.2) is 4.98 Å². The molecule has 33 heavy (non-hydrogen) atoms. The highest BCUT2D eigenvalue weighted by atomic mass is 32.1. The van der Waals surface area contributed by atoms with Crippen LogP contribution in [0, 0.1) is 19.8 Å². The molecule has 0 aliphatic carbocycles. The first-order valence-corrected chi connectivity index (χ1v) is 12.0. The predicted octanol–water partition coefficient (Wildman–Crippen LogP) is 4.03. The number of anilines is 2. The molecule has 3 heterocycles. The summed E-state index contributed by atoms with van der Waals surface area (Å²) in [5.74, 6) is -0.213. The van der Waals surface area contributed by atoms with Crippen molar-refractivity contribution < 1.29 is 9.59 Å². The maximum absolute atomic E-state index is 12.9. The van der Waals surface area contributed by atoms with E-state index in [1.165, 1.54) is 22.5 Å². The summed E-state index contributed by atoms with van der Waals surface area (Å²) >= 11 is 1.48. The Bertz CT molecular complexity index is 1080. The van der Waals surface area contributed by atoms with Gasteiger partial charge >= 0.3 is 0 Å². The van der Waals surface area contributed by atoms with Gasteiger partial charge in [-0.2, -0.15) is 0 Å². The first-order chi connectivity index (χ1) is 16.0. The van der Waals surface area contributed by atoms with Gasteiger partial charge < -0.3 is 10.6 Å². The number of carbonyl (C=O) groups excluding carboxylic acids is 2. The van der Waals surface area contributed by atoms with Crippen LogP contribution in [0.2, 0.25) is 0 Å². The van der Waals surface area contributed by atoms with Gasteiger partial charge in [0.1, 0.15) is 0 Å². The molecule has 4 rings (SSSR count). The Morgan fingerprint density at radius 3 is 2.48 bits per heavy atom. The molecular weight excluding hydrogens is 434 g/mol. The van der Waals surface area contributed by atoms with Crippen LogP contribution in [0.4, 0.5) is 10.8 Å². The Balaban J connectivity index is 1.27. The Kier molecular flexibility index (Phi) is 7.47. The van der Waals surface area contributed by atoms with Crippen molar-refractivity contribution >= 4 is 34.0 Å². The van der Waals surface area contributed by atoms with Gasteiger partial charge in [-0.3, -0.25) is 19.5 Å². The molecule has 1 atom stereocenters. The van der Waals surface area contributed by atoms with Gasteiger partial charge in [-0.05, 0) is 75.0 Å². The van der Waals surface area contributed by atoms with E-state index in [9.17, 15) is 9.59 Å². The maximum Gasteiger partial charge on any atom is 0.240 e. The van der Waals surface area contributed by atoms with Crippen molar-refractivity contribution in [2.24, 2.45) is 5.92 Å². The van der Waals surface area contributed by atoms with Crippen LogP contribution in [-0.4, -0.2) is 46.3 Å². The zero-order valence-corrected chi connectivity index (χ0v) is 19.8. The number of pyridine rings is 1. The number of thiazole rings is 1. The predicted molar refractivity (Wildman–Crippen MR) is 131 cm³/mol. The lowest BCUT2D eigenvalue weighted by Crippen LogP contribution is -2.43. The molecule has 2 amide bonds. The molecule has 1 aromatic carbocycles. The van der Waals surface area contributed by atoms with Crippen molar-refractivity contribution in [3.8, 4) is 0 Å². The van der Waals surface area contributed by atoms with Crippen LogP contribution in [0.25, 0.3) is 0 Å². The summed E-state index contributed by atoms with van der Waals surface area (Å²) in [5, 5.41) is 6.55. The van der Waals surface area contributed by atoms with E-state index >= 15 is 0 Å². The fraction of sp³-hybridized carbons (Fsp3) is 0.360. The van der Waals surface area contributed by atoms with Gasteiger partial charge in [0.25, 0.3) is 0 Å². The summed E-state index contributed by atoms with van der Waals surface area (Å²) in [4.78, 5) is 36.9. The minimum atomic E-state index is -0.132. The fourth-order valence-corrected chi connectivity index (χ4v) is 4.82. The van der Waals surface area contributed by atoms with E-state index < -0.39 is 0 Å². The molecule has 2 aromatic heterocycles. The van der Waals surface area contributed by atoms with Gasteiger partial charge in [0.05, 0.1) is 18.2 Å². The lowest BCUT2D eigenvalue weighted by molar-refractivity contribution is -0.123. The average Bonchev–Trinajstić information content (AvgIpc) is 3.12. The quantitative estimate of drug-likeness (QED) is 0.552. The van der Waals surface area contributed by atoms with E-state index in [1.807, 2.05) is 55.1 Å². The monoisotopic (exact) mass is 463 g/mol. The Morgan fingerprint density at radius 2 is 1.79 bits per heavy atom. The average molecular weight is 464 g/mol. The highest BCUT2D eigenvalue weighted by Gasteiger charge is 2.27. The second kappa shape index (κ2) is 10.7. The minimum absolute atomic E-state index is 0.00756. The number of rotatable bonds is 7. The molecule has 7 nitrogen and oxygen atoms in total.